The third-order valence-corrected chi connectivity index (χ3v) is 4.82. The van der Waals surface area contributed by atoms with Gasteiger partial charge in [-0.25, -0.2) is 0 Å². The highest BCUT2D eigenvalue weighted by molar-refractivity contribution is 5.92. The number of aromatic nitrogens is 1. The van der Waals surface area contributed by atoms with Crippen molar-refractivity contribution in [3.63, 3.8) is 0 Å². The molecular formula is C24H26N2O5. The molecule has 1 amide bonds. The number of carbonyl (C=O) groups excluding carboxylic acids is 1. The molecule has 0 unspecified atom stereocenters. The van der Waals surface area contributed by atoms with Crippen molar-refractivity contribution in [3.05, 3.63) is 87.8 Å². The molecule has 7 nitrogen and oxygen atoms in total. The van der Waals surface area contributed by atoms with Gasteiger partial charge in [0.25, 0.3) is 5.91 Å². The van der Waals surface area contributed by atoms with Crippen molar-refractivity contribution in [3.8, 4) is 17.2 Å². The van der Waals surface area contributed by atoms with E-state index in [2.05, 4.69) is 5.32 Å². The van der Waals surface area contributed by atoms with Gasteiger partial charge in [-0.3, -0.25) is 9.59 Å². The zero-order valence-corrected chi connectivity index (χ0v) is 17.9. The summed E-state index contributed by atoms with van der Waals surface area (Å²) in [5.74, 6) is 1.17. The van der Waals surface area contributed by atoms with Crippen molar-refractivity contribution in [2.75, 3.05) is 20.8 Å². The molecule has 7 heteroatoms. The summed E-state index contributed by atoms with van der Waals surface area (Å²) in [5.41, 5.74) is 1.89. The predicted octanol–water partition coefficient (Wildman–Crippen LogP) is 2.95. The molecule has 31 heavy (non-hydrogen) atoms. The first kappa shape index (κ1) is 22.0. The third kappa shape index (κ3) is 5.66. The number of nitrogens with one attached hydrogen (secondary N) is 1. The number of aryl methyl sites for hydroxylation is 1. The van der Waals surface area contributed by atoms with E-state index in [-0.39, 0.29) is 29.4 Å². The fraction of sp³-hybridized carbons (Fsp3) is 0.250. The van der Waals surface area contributed by atoms with E-state index in [4.69, 9.17) is 14.2 Å². The molecule has 0 aliphatic heterocycles. The highest BCUT2D eigenvalue weighted by Gasteiger charge is 2.13. The Balaban J connectivity index is 1.60. The number of methoxy groups -OCH3 is 2. The van der Waals surface area contributed by atoms with Crippen LogP contribution in [0.25, 0.3) is 0 Å². The number of hydrogen-bond acceptors (Lipinski definition) is 5. The van der Waals surface area contributed by atoms with Crippen LogP contribution in [0.15, 0.2) is 65.6 Å². The maximum absolute atomic E-state index is 12.6. The molecule has 0 radical (unpaired) electrons. The molecule has 1 N–H and O–H groups in total. The van der Waals surface area contributed by atoms with Crippen molar-refractivity contribution in [1.82, 2.24) is 9.88 Å². The smallest absolute Gasteiger partial charge is 0.268 e. The normalized spacial score (nSPS) is 10.4. The number of hydrogen-bond donors (Lipinski definition) is 1. The Kier molecular flexibility index (Phi) is 7.32. The van der Waals surface area contributed by atoms with E-state index < -0.39 is 0 Å². The lowest BCUT2D eigenvalue weighted by Crippen LogP contribution is -2.29. The lowest BCUT2D eigenvalue weighted by atomic mass is 10.1. The Morgan fingerprint density at radius 3 is 2.39 bits per heavy atom. The molecule has 0 fully saturated rings. The number of amides is 1. The molecule has 1 heterocycles. The standard InChI is InChI=1S/C24H26N2O5/c1-26-15-23(31-16-18-7-5-4-6-8-18)20(27)14-19(26)24(28)25-12-11-17-9-10-21(29-2)22(13-17)30-3/h4-10,13-15H,11-12,16H2,1-3H3,(H,25,28). The van der Waals surface area contributed by atoms with Crippen LogP contribution in [-0.2, 0) is 20.1 Å². The van der Waals surface area contributed by atoms with Crippen molar-refractivity contribution >= 4 is 5.91 Å². The van der Waals surface area contributed by atoms with E-state index >= 15 is 0 Å². The zero-order valence-electron chi connectivity index (χ0n) is 17.9. The van der Waals surface area contributed by atoms with Crippen LogP contribution in [0.1, 0.15) is 21.6 Å². The minimum atomic E-state index is -0.334. The second-order valence-electron chi connectivity index (χ2n) is 6.97. The van der Waals surface area contributed by atoms with Crippen LogP contribution >= 0.6 is 0 Å². The maximum Gasteiger partial charge on any atom is 0.268 e. The topological polar surface area (TPSA) is 78.8 Å². The van der Waals surface area contributed by atoms with Crippen molar-refractivity contribution in [2.24, 2.45) is 7.05 Å². The van der Waals surface area contributed by atoms with E-state index in [1.807, 2.05) is 48.5 Å². The minimum absolute atomic E-state index is 0.202. The summed E-state index contributed by atoms with van der Waals surface area (Å²) in [6, 6.07) is 16.5. The first-order valence-electron chi connectivity index (χ1n) is 9.88. The Bertz CT molecular complexity index is 1090. The van der Waals surface area contributed by atoms with Crippen LogP contribution in [0, 0.1) is 0 Å². The summed E-state index contributed by atoms with van der Waals surface area (Å²) in [6.45, 7) is 0.696. The van der Waals surface area contributed by atoms with Gasteiger partial charge in [0.05, 0.1) is 20.4 Å². The average Bonchev–Trinajstić information content (AvgIpc) is 2.79. The van der Waals surface area contributed by atoms with Gasteiger partial charge < -0.3 is 24.1 Å². The summed E-state index contributed by atoms with van der Waals surface area (Å²) in [6.07, 6.45) is 2.15. The number of pyridine rings is 1. The molecular weight excluding hydrogens is 396 g/mol. The van der Waals surface area contributed by atoms with Crippen LogP contribution < -0.4 is 25.0 Å². The first-order valence-corrected chi connectivity index (χ1v) is 9.88. The number of benzene rings is 2. The molecule has 3 aromatic rings. The van der Waals surface area contributed by atoms with Crippen molar-refractivity contribution < 1.29 is 19.0 Å². The first-order chi connectivity index (χ1) is 15.0. The number of rotatable bonds is 9. The molecule has 0 saturated carbocycles. The van der Waals surface area contributed by atoms with Crippen molar-refractivity contribution in [1.29, 1.82) is 0 Å². The third-order valence-electron chi connectivity index (χ3n) is 4.82. The zero-order chi connectivity index (χ0) is 22.2. The van der Waals surface area contributed by atoms with E-state index in [9.17, 15) is 9.59 Å². The Labute approximate surface area is 181 Å². The molecule has 3 rings (SSSR count). The lowest BCUT2D eigenvalue weighted by molar-refractivity contribution is 0.0945. The monoisotopic (exact) mass is 422 g/mol. The maximum atomic E-state index is 12.6. The number of nitrogens with zero attached hydrogens (tertiary/aromatic N) is 1. The Morgan fingerprint density at radius 2 is 1.68 bits per heavy atom. The van der Waals surface area contributed by atoms with Gasteiger partial charge in [0.15, 0.2) is 17.2 Å². The molecule has 0 spiro atoms. The van der Waals surface area contributed by atoms with Crippen LogP contribution in [0.4, 0.5) is 0 Å². The van der Waals surface area contributed by atoms with Gasteiger partial charge in [0.2, 0.25) is 5.43 Å². The van der Waals surface area contributed by atoms with Gasteiger partial charge in [0.1, 0.15) is 12.3 Å². The fourth-order valence-electron chi connectivity index (χ4n) is 3.12. The number of ether oxygens (including phenoxy) is 3. The predicted molar refractivity (Wildman–Crippen MR) is 118 cm³/mol. The minimum Gasteiger partial charge on any atom is -0.493 e. The highest BCUT2D eigenvalue weighted by atomic mass is 16.5. The average molecular weight is 422 g/mol. The largest absolute Gasteiger partial charge is 0.493 e. The van der Waals surface area contributed by atoms with E-state index in [0.717, 1.165) is 11.1 Å². The quantitative estimate of drug-likeness (QED) is 0.574. The van der Waals surface area contributed by atoms with Crippen LogP contribution in [0.5, 0.6) is 17.2 Å². The van der Waals surface area contributed by atoms with Gasteiger partial charge >= 0.3 is 0 Å². The van der Waals surface area contributed by atoms with Gasteiger partial charge in [-0.15, -0.1) is 0 Å². The Hall–Kier alpha value is -3.74. The van der Waals surface area contributed by atoms with E-state index in [0.29, 0.717) is 24.5 Å². The fourth-order valence-corrected chi connectivity index (χ4v) is 3.12. The second-order valence-corrected chi connectivity index (χ2v) is 6.97. The van der Waals surface area contributed by atoms with Gasteiger partial charge in [0, 0.05) is 19.7 Å². The van der Waals surface area contributed by atoms with Crippen LogP contribution in [-0.4, -0.2) is 31.2 Å². The summed E-state index contributed by atoms with van der Waals surface area (Å²) in [5, 5.41) is 2.85. The summed E-state index contributed by atoms with van der Waals surface area (Å²) in [4.78, 5) is 25.0. The highest BCUT2D eigenvalue weighted by Crippen LogP contribution is 2.27. The van der Waals surface area contributed by atoms with Crippen LogP contribution in [0.3, 0.4) is 0 Å². The lowest BCUT2D eigenvalue weighted by Gasteiger charge is -2.13. The van der Waals surface area contributed by atoms with Crippen LogP contribution in [0.2, 0.25) is 0 Å². The van der Waals surface area contributed by atoms with Gasteiger partial charge in [-0.1, -0.05) is 36.4 Å². The Morgan fingerprint density at radius 1 is 0.935 bits per heavy atom. The molecule has 1 aromatic heterocycles. The SMILES string of the molecule is COc1ccc(CCNC(=O)c2cc(=O)c(OCc3ccccc3)cn2C)cc1OC. The summed E-state index contributed by atoms with van der Waals surface area (Å²) < 4.78 is 17.8. The molecule has 0 atom stereocenters. The molecule has 0 bridgehead atoms. The molecule has 0 saturated heterocycles. The van der Waals surface area contributed by atoms with E-state index in [1.54, 1.807) is 25.8 Å². The summed E-state index contributed by atoms with van der Waals surface area (Å²) in [7, 11) is 4.87. The van der Waals surface area contributed by atoms with Gasteiger partial charge in [-0.05, 0) is 29.7 Å². The van der Waals surface area contributed by atoms with E-state index in [1.165, 1.54) is 12.3 Å². The molecule has 0 aliphatic carbocycles. The second kappa shape index (κ2) is 10.3. The molecule has 162 valence electrons. The molecule has 0 aliphatic rings. The number of carbonyl (C=O) groups is 1. The summed E-state index contributed by atoms with van der Waals surface area (Å²) >= 11 is 0. The molecule has 2 aromatic carbocycles. The van der Waals surface area contributed by atoms with Gasteiger partial charge in [-0.2, -0.15) is 0 Å². The van der Waals surface area contributed by atoms with Crippen molar-refractivity contribution in [2.45, 2.75) is 13.0 Å².